The second-order valence-electron chi connectivity index (χ2n) is 8.17. The highest BCUT2D eigenvalue weighted by molar-refractivity contribution is 7.90. The van der Waals surface area contributed by atoms with Gasteiger partial charge < -0.3 is 14.6 Å². The van der Waals surface area contributed by atoms with Crippen molar-refractivity contribution in [2.24, 2.45) is 0 Å². The molecule has 0 bridgehead atoms. The molecule has 2 N–H and O–H groups in total. The van der Waals surface area contributed by atoms with Crippen LogP contribution in [0.25, 0.3) is 22.6 Å². The summed E-state index contributed by atoms with van der Waals surface area (Å²) in [5.41, 5.74) is 3.09. The summed E-state index contributed by atoms with van der Waals surface area (Å²) in [6, 6.07) is 11.8. The van der Waals surface area contributed by atoms with E-state index in [4.69, 9.17) is 4.74 Å². The van der Waals surface area contributed by atoms with E-state index >= 15 is 0 Å². The number of H-pyrrole nitrogens is 2. The number of sulfone groups is 1. The number of carbonyl (C=O) groups excluding carboxylic acids is 1. The van der Waals surface area contributed by atoms with Gasteiger partial charge in [0.25, 0.3) is 0 Å². The van der Waals surface area contributed by atoms with Gasteiger partial charge in [-0.25, -0.2) is 13.4 Å². The lowest BCUT2D eigenvalue weighted by atomic mass is 10.0. The second kappa shape index (κ2) is 8.04. The third-order valence-corrected chi connectivity index (χ3v) is 6.98. The molecule has 1 fully saturated rings. The van der Waals surface area contributed by atoms with Crippen molar-refractivity contribution >= 4 is 26.8 Å². The standard InChI is InChI=1S/C23H23N5O4S/c1-14(29)28-11-3-4-21(28)17-12-19-20(26-23(25-19)18-9-10-24-27-18)13-22(17)32-15-5-7-16(8-6-15)33(2,30)31/h5-10,12-13,21H,3-4,11H2,1-2H3,(H,24,27)(H,25,26). The molecule has 10 heteroatoms. The van der Waals surface area contributed by atoms with Crippen LogP contribution in [0.15, 0.2) is 53.6 Å². The molecule has 1 amide bonds. The SMILES string of the molecule is CC(=O)N1CCCC1c1cc2[nH]c(-c3cc[nH]n3)nc2cc1Oc1ccc(S(C)(=O)=O)cc1. The Hall–Kier alpha value is -3.66. The predicted molar refractivity (Wildman–Crippen MR) is 123 cm³/mol. The van der Waals surface area contributed by atoms with E-state index in [1.807, 2.05) is 23.1 Å². The van der Waals surface area contributed by atoms with Crippen LogP contribution in [0.3, 0.4) is 0 Å². The van der Waals surface area contributed by atoms with Crippen molar-refractivity contribution in [1.82, 2.24) is 25.1 Å². The highest BCUT2D eigenvalue weighted by atomic mass is 32.2. The van der Waals surface area contributed by atoms with Gasteiger partial charge in [-0.05, 0) is 49.2 Å². The van der Waals surface area contributed by atoms with Gasteiger partial charge in [0.1, 0.15) is 17.2 Å². The van der Waals surface area contributed by atoms with Crippen molar-refractivity contribution in [3.63, 3.8) is 0 Å². The molecule has 9 nitrogen and oxygen atoms in total. The normalized spacial score (nSPS) is 16.4. The van der Waals surface area contributed by atoms with E-state index in [1.165, 1.54) is 18.4 Å². The molecular formula is C23H23N5O4S. The fourth-order valence-corrected chi connectivity index (χ4v) is 4.90. The molecule has 33 heavy (non-hydrogen) atoms. The van der Waals surface area contributed by atoms with Crippen LogP contribution in [0.5, 0.6) is 11.5 Å². The molecule has 0 aliphatic carbocycles. The van der Waals surface area contributed by atoms with Crippen molar-refractivity contribution in [1.29, 1.82) is 0 Å². The van der Waals surface area contributed by atoms with Gasteiger partial charge in [0, 0.05) is 37.6 Å². The summed E-state index contributed by atoms with van der Waals surface area (Å²) in [5, 5.41) is 6.97. The first-order valence-electron chi connectivity index (χ1n) is 10.6. The summed E-state index contributed by atoms with van der Waals surface area (Å²) in [4.78, 5) is 22.3. The van der Waals surface area contributed by atoms with E-state index in [9.17, 15) is 13.2 Å². The van der Waals surface area contributed by atoms with Gasteiger partial charge in [0.05, 0.1) is 22.0 Å². The number of nitrogens with zero attached hydrogens (tertiary/aromatic N) is 3. The first-order valence-corrected chi connectivity index (χ1v) is 12.5. The minimum Gasteiger partial charge on any atom is -0.457 e. The highest BCUT2D eigenvalue weighted by Crippen LogP contribution is 2.41. The van der Waals surface area contributed by atoms with E-state index in [1.54, 1.807) is 25.3 Å². The first-order chi connectivity index (χ1) is 15.8. The summed E-state index contributed by atoms with van der Waals surface area (Å²) >= 11 is 0. The molecule has 4 aromatic rings. The van der Waals surface area contributed by atoms with Crippen LogP contribution in [0, 0.1) is 0 Å². The van der Waals surface area contributed by atoms with Gasteiger partial charge in [0.2, 0.25) is 5.91 Å². The maximum Gasteiger partial charge on any atom is 0.219 e. The molecule has 2 aromatic carbocycles. The number of nitrogens with one attached hydrogen (secondary N) is 2. The zero-order chi connectivity index (χ0) is 23.2. The van der Waals surface area contributed by atoms with Crippen LogP contribution < -0.4 is 4.74 Å². The molecule has 0 radical (unpaired) electrons. The molecular weight excluding hydrogens is 442 g/mol. The quantitative estimate of drug-likeness (QED) is 0.462. The largest absolute Gasteiger partial charge is 0.457 e. The summed E-state index contributed by atoms with van der Waals surface area (Å²) in [6.07, 6.45) is 4.63. The molecule has 170 valence electrons. The number of imidazole rings is 1. The number of aromatic nitrogens is 4. The number of amides is 1. The third kappa shape index (κ3) is 4.09. The van der Waals surface area contributed by atoms with Gasteiger partial charge in [0.15, 0.2) is 15.7 Å². The zero-order valence-electron chi connectivity index (χ0n) is 18.2. The van der Waals surface area contributed by atoms with Crippen LogP contribution in [0.2, 0.25) is 0 Å². The Morgan fingerprint density at radius 1 is 1.18 bits per heavy atom. The smallest absolute Gasteiger partial charge is 0.219 e. The monoisotopic (exact) mass is 465 g/mol. The first kappa shape index (κ1) is 21.2. The van der Waals surface area contributed by atoms with E-state index in [0.29, 0.717) is 35.1 Å². The van der Waals surface area contributed by atoms with E-state index in [2.05, 4.69) is 20.2 Å². The Morgan fingerprint density at radius 3 is 2.64 bits per heavy atom. The maximum atomic E-state index is 12.3. The van der Waals surface area contributed by atoms with E-state index in [-0.39, 0.29) is 16.8 Å². The molecule has 1 unspecified atom stereocenters. The molecule has 5 rings (SSSR count). The van der Waals surface area contributed by atoms with Gasteiger partial charge >= 0.3 is 0 Å². The number of rotatable bonds is 5. The Balaban J connectivity index is 1.59. The molecule has 1 aliphatic heterocycles. The number of ether oxygens (including phenoxy) is 1. The molecule has 1 atom stereocenters. The van der Waals surface area contributed by atoms with Crippen LogP contribution >= 0.6 is 0 Å². The van der Waals surface area contributed by atoms with Crippen LogP contribution in [-0.2, 0) is 14.6 Å². The predicted octanol–water partition coefficient (Wildman–Crippen LogP) is 3.83. The molecule has 1 saturated heterocycles. The van der Waals surface area contributed by atoms with Crippen molar-refractivity contribution < 1.29 is 17.9 Å². The number of carbonyl (C=O) groups is 1. The summed E-state index contributed by atoms with van der Waals surface area (Å²) in [5.74, 6) is 1.72. The summed E-state index contributed by atoms with van der Waals surface area (Å²) < 4.78 is 29.8. The topological polar surface area (TPSA) is 121 Å². The molecule has 0 spiro atoms. The van der Waals surface area contributed by atoms with E-state index < -0.39 is 9.84 Å². The Labute approximate surface area is 190 Å². The third-order valence-electron chi connectivity index (χ3n) is 5.85. The number of aromatic amines is 2. The van der Waals surface area contributed by atoms with Crippen molar-refractivity contribution in [3.8, 4) is 23.0 Å². The Bertz CT molecular complexity index is 1430. The average molecular weight is 466 g/mol. The average Bonchev–Trinajstić information content (AvgIpc) is 3.52. The maximum absolute atomic E-state index is 12.3. The molecule has 2 aromatic heterocycles. The lowest BCUT2D eigenvalue weighted by Crippen LogP contribution is -2.28. The minimum atomic E-state index is -3.30. The lowest BCUT2D eigenvalue weighted by molar-refractivity contribution is -0.129. The highest BCUT2D eigenvalue weighted by Gasteiger charge is 2.31. The van der Waals surface area contributed by atoms with Crippen molar-refractivity contribution in [2.45, 2.75) is 30.7 Å². The zero-order valence-corrected chi connectivity index (χ0v) is 19.0. The number of hydrogen-bond acceptors (Lipinski definition) is 6. The van der Waals surface area contributed by atoms with Gasteiger partial charge in [-0.3, -0.25) is 9.89 Å². The number of fused-ring (bicyclic) bond motifs is 1. The fourth-order valence-electron chi connectivity index (χ4n) is 4.27. The van der Waals surface area contributed by atoms with Crippen molar-refractivity contribution in [3.05, 3.63) is 54.2 Å². The van der Waals surface area contributed by atoms with Gasteiger partial charge in [-0.15, -0.1) is 0 Å². The Morgan fingerprint density at radius 2 is 1.97 bits per heavy atom. The van der Waals surface area contributed by atoms with Crippen LogP contribution in [0.4, 0.5) is 0 Å². The number of likely N-dealkylation sites (tertiary alicyclic amines) is 1. The Kier molecular flexibility index (Phi) is 5.16. The lowest BCUT2D eigenvalue weighted by Gasteiger charge is -2.25. The minimum absolute atomic E-state index is 0.0166. The summed E-state index contributed by atoms with van der Waals surface area (Å²) in [6.45, 7) is 2.27. The molecule has 0 saturated carbocycles. The van der Waals surface area contributed by atoms with Gasteiger partial charge in [-0.2, -0.15) is 5.10 Å². The second-order valence-corrected chi connectivity index (χ2v) is 10.2. The van der Waals surface area contributed by atoms with Crippen LogP contribution in [0.1, 0.15) is 31.4 Å². The summed E-state index contributed by atoms with van der Waals surface area (Å²) in [7, 11) is -3.30. The molecule has 3 heterocycles. The fraction of sp³-hybridized carbons (Fsp3) is 0.261. The van der Waals surface area contributed by atoms with Crippen molar-refractivity contribution in [2.75, 3.05) is 12.8 Å². The van der Waals surface area contributed by atoms with Gasteiger partial charge in [-0.1, -0.05) is 0 Å². The van der Waals surface area contributed by atoms with Crippen LogP contribution in [-0.4, -0.2) is 52.2 Å². The number of hydrogen-bond donors (Lipinski definition) is 2. The number of benzene rings is 2. The molecule has 1 aliphatic rings. The van der Waals surface area contributed by atoms with E-state index in [0.717, 1.165) is 23.9 Å².